The number of guanidine groups is 1. The van der Waals surface area contributed by atoms with E-state index >= 15 is 0 Å². The SMILES string of the molecule is CC1(C)CCCC1(O)CN=C(N)N1CCN(c2ncccn2)CC1. The number of piperazine rings is 1. The molecule has 2 fully saturated rings. The van der Waals surface area contributed by atoms with Gasteiger partial charge in [0.1, 0.15) is 0 Å². The van der Waals surface area contributed by atoms with Crippen molar-refractivity contribution in [2.45, 2.75) is 38.7 Å². The summed E-state index contributed by atoms with van der Waals surface area (Å²) in [4.78, 5) is 17.3. The lowest BCUT2D eigenvalue weighted by Gasteiger charge is -2.37. The fraction of sp³-hybridized carbons (Fsp3) is 0.706. The fourth-order valence-corrected chi connectivity index (χ4v) is 3.59. The average Bonchev–Trinajstić information content (AvgIpc) is 2.87. The van der Waals surface area contributed by atoms with Crippen LogP contribution in [-0.2, 0) is 0 Å². The summed E-state index contributed by atoms with van der Waals surface area (Å²) in [5.74, 6) is 1.29. The van der Waals surface area contributed by atoms with Gasteiger partial charge in [-0.1, -0.05) is 13.8 Å². The highest BCUT2D eigenvalue weighted by molar-refractivity contribution is 5.78. The van der Waals surface area contributed by atoms with Gasteiger partial charge in [0, 0.05) is 38.6 Å². The Kier molecular flexibility index (Phi) is 4.62. The van der Waals surface area contributed by atoms with Crippen molar-refractivity contribution >= 4 is 11.9 Å². The van der Waals surface area contributed by atoms with E-state index in [4.69, 9.17) is 5.73 Å². The first-order valence-electron chi connectivity index (χ1n) is 8.71. The number of rotatable bonds is 3. The minimum absolute atomic E-state index is 0.0971. The normalized spacial score (nSPS) is 27.5. The molecule has 7 nitrogen and oxygen atoms in total. The molecule has 0 aromatic carbocycles. The summed E-state index contributed by atoms with van der Waals surface area (Å²) in [5, 5.41) is 10.9. The van der Waals surface area contributed by atoms with Gasteiger partial charge >= 0.3 is 0 Å². The predicted octanol–water partition coefficient (Wildman–Crippen LogP) is 0.854. The summed E-state index contributed by atoms with van der Waals surface area (Å²) in [6, 6.07) is 1.82. The van der Waals surface area contributed by atoms with Crippen LogP contribution in [0.1, 0.15) is 33.1 Å². The molecule has 0 amide bonds. The van der Waals surface area contributed by atoms with Crippen LogP contribution in [0, 0.1) is 5.41 Å². The lowest BCUT2D eigenvalue weighted by molar-refractivity contribution is -0.0336. The molecular weight excluding hydrogens is 304 g/mol. The first kappa shape index (κ1) is 17.0. The Hall–Kier alpha value is -1.89. The van der Waals surface area contributed by atoms with Crippen molar-refractivity contribution in [3.8, 4) is 0 Å². The number of aliphatic imine (C=N–C) groups is 1. The van der Waals surface area contributed by atoms with Crippen molar-refractivity contribution in [1.29, 1.82) is 0 Å². The molecule has 1 saturated heterocycles. The Balaban J connectivity index is 1.56. The number of hydrogen-bond acceptors (Lipinski definition) is 5. The summed E-state index contributed by atoms with van der Waals surface area (Å²) in [6.07, 6.45) is 6.41. The van der Waals surface area contributed by atoms with Crippen molar-refractivity contribution in [2.24, 2.45) is 16.1 Å². The molecular formula is C17H28N6O. The summed E-state index contributed by atoms with van der Waals surface area (Å²) in [5.41, 5.74) is 5.34. The zero-order chi connectivity index (χ0) is 17.2. The minimum Gasteiger partial charge on any atom is -0.387 e. The van der Waals surface area contributed by atoms with Crippen LogP contribution in [0.4, 0.5) is 5.95 Å². The lowest BCUT2D eigenvalue weighted by Crippen LogP contribution is -2.52. The van der Waals surface area contributed by atoms with E-state index in [2.05, 4.69) is 38.6 Å². The van der Waals surface area contributed by atoms with Crippen molar-refractivity contribution in [3.63, 3.8) is 0 Å². The molecule has 7 heteroatoms. The van der Waals surface area contributed by atoms with Gasteiger partial charge < -0.3 is 20.6 Å². The van der Waals surface area contributed by atoms with Crippen LogP contribution < -0.4 is 10.6 Å². The highest BCUT2D eigenvalue weighted by atomic mass is 16.3. The van der Waals surface area contributed by atoms with E-state index in [1.807, 2.05) is 6.07 Å². The number of anilines is 1. The molecule has 1 unspecified atom stereocenters. The van der Waals surface area contributed by atoms with E-state index in [-0.39, 0.29) is 5.41 Å². The molecule has 3 N–H and O–H groups in total. The molecule has 132 valence electrons. The zero-order valence-electron chi connectivity index (χ0n) is 14.6. The second kappa shape index (κ2) is 6.55. The molecule has 24 heavy (non-hydrogen) atoms. The Labute approximate surface area is 143 Å². The lowest BCUT2D eigenvalue weighted by atomic mass is 9.78. The number of hydrogen-bond donors (Lipinski definition) is 2. The topological polar surface area (TPSA) is 90.9 Å². The molecule has 3 rings (SSSR count). The fourth-order valence-electron chi connectivity index (χ4n) is 3.59. The van der Waals surface area contributed by atoms with E-state index in [1.54, 1.807) is 12.4 Å². The maximum absolute atomic E-state index is 10.9. The standard InChI is InChI=1S/C17H28N6O/c1-16(2)5-3-6-17(16,24)13-21-14(18)22-9-11-23(12-10-22)15-19-7-4-8-20-15/h4,7-8,24H,3,5-6,9-13H2,1-2H3,(H2,18,21). The molecule has 0 bridgehead atoms. The third-order valence-electron chi connectivity index (χ3n) is 5.59. The second-order valence-electron chi connectivity index (χ2n) is 7.47. The maximum atomic E-state index is 10.9. The molecule has 0 radical (unpaired) electrons. The molecule has 1 aliphatic heterocycles. The van der Waals surface area contributed by atoms with E-state index in [0.29, 0.717) is 12.5 Å². The molecule has 2 heterocycles. The summed E-state index contributed by atoms with van der Waals surface area (Å²) >= 11 is 0. The highest BCUT2D eigenvalue weighted by Gasteiger charge is 2.47. The summed E-state index contributed by atoms with van der Waals surface area (Å²) in [7, 11) is 0. The van der Waals surface area contributed by atoms with Crippen molar-refractivity contribution in [1.82, 2.24) is 14.9 Å². The summed E-state index contributed by atoms with van der Waals surface area (Å²) < 4.78 is 0. The van der Waals surface area contributed by atoms with E-state index in [1.165, 1.54) is 0 Å². The number of nitrogens with two attached hydrogens (primary N) is 1. The zero-order valence-corrected chi connectivity index (χ0v) is 14.6. The smallest absolute Gasteiger partial charge is 0.225 e. The van der Waals surface area contributed by atoms with Crippen molar-refractivity contribution in [3.05, 3.63) is 18.5 Å². The number of nitrogens with zero attached hydrogens (tertiary/aromatic N) is 5. The van der Waals surface area contributed by atoms with Gasteiger partial charge in [-0.15, -0.1) is 0 Å². The molecule has 0 spiro atoms. The Morgan fingerprint density at radius 1 is 1.21 bits per heavy atom. The van der Waals surface area contributed by atoms with Crippen LogP contribution in [0.2, 0.25) is 0 Å². The van der Waals surface area contributed by atoms with Gasteiger partial charge in [0.25, 0.3) is 0 Å². The van der Waals surface area contributed by atoms with Crippen LogP contribution in [0.5, 0.6) is 0 Å². The highest BCUT2D eigenvalue weighted by Crippen LogP contribution is 2.45. The average molecular weight is 332 g/mol. The first-order chi connectivity index (χ1) is 11.4. The molecule has 1 aromatic heterocycles. The van der Waals surface area contributed by atoms with Gasteiger partial charge in [0.2, 0.25) is 5.95 Å². The van der Waals surface area contributed by atoms with Crippen LogP contribution in [0.25, 0.3) is 0 Å². The van der Waals surface area contributed by atoms with Gasteiger partial charge in [0.15, 0.2) is 5.96 Å². The maximum Gasteiger partial charge on any atom is 0.225 e. The molecule has 1 saturated carbocycles. The van der Waals surface area contributed by atoms with Crippen LogP contribution in [-0.4, -0.2) is 64.3 Å². The monoisotopic (exact) mass is 332 g/mol. The second-order valence-corrected chi connectivity index (χ2v) is 7.47. The first-order valence-corrected chi connectivity index (χ1v) is 8.71. The van der Waals surface area contributed by atoms with E-state index < -0.39 is 5.60 Å². The van der Waals surface area contributed by atoms with Gasteiger partial charge in [-0.3, -0.25) is 4.99 Å². The quantitative estimate of drug-likeness (QED) is 0.630. The van der Waals surface area contributed by atoms with Gasteiger partial charge in [-0.2, -0.15) is 0 Å². The van der Waals surface area contributed by atoms with Gasteiger partial charge in [-0.05, 0) is 30.7 Å². The van der Waals surface area contributed by atoms with Crippen LogP contribution in [0.3, 0.4) is 0 Å². The van der Waals surface area contributed by atoms with Crippen molar-refractivity contribution in [2.75, 3.05) is 37.6 Å². The predicted molar refractivity (Wildman–Crippen MR) is 94.9 cm³/mol. The third-order valence-corrected chi connectivity index (χ3v) is 5.59. The van der Waals surface area contributed by atoms with Crippen molar-refractivity contribution < 1.29 is 5.11 Å². The van der Waals surface area contributed by atoms with Crippen LogP contribution in [0.15, 0.2) is 23.5 Å². The Morgan fingerprint density at radius 3 is 2.46 bits per heavy atom. The largest absolute Gasteiger partial charge is 0.387 e. The Bertz CT molecular complexity index is 582. The van der Waals surface area contributed by atoms with Crippen LogP contribution >= 0.6 is 0 Å². The third kappa shape index (κ3) is 3.31. The molecule has 2 aliphatic rings. The molecule has 1 atom stereocenters. The Morgan fingerprint density at radius 2 is 1.88 bits per heavy atom. The number of aromatic nitrogens is 2. The number of aliphatic hydroxyl groups is 1. The van der Waals surface area contributed by atoms with Gasteiger partial charge in [-0.25, -0.2) is 9.97 Å². The van der Waals surface area contributed by atoms with Gasteiger partial charge in [0.05, 0.1) is 12.1 Å². The minimum atomic E-state index is -0.739. The summed E-state index contributed by atoms with van der Waals surface area (Å²) in [6.45, 7) is 7.82. The van der Waals surface area contributed by atoms with E-state index in [9.17, 15) is 5.11 Å². The molecule has 1 aromatic rings. The van der Waals surface area contributed by atoms with E-state index in [0.717, 1.165) is 51.4 Å². The molecule has 1 aliphatic carbocycles.